The lowest BCUT2D eigenvalue weighted by Gasteiger charge is -2.30. The molecule has 0 fully saturated rings. The van der Waals surface area contributed by atoms with E-state index in [0.29, 0.717) is 0 Å². The Morgan fingerprint density at radius 2 is 0.776 bits per heavy atom. The molecule has 0 aliphatic heterocycles. The molecule has 0 bridgehead atoms. The van der Waals surface area contributed by atoms with E-state index in [-0.39, 0.29) is 0 Å². The number of furan rings is 1. The minimum absolute atomic E-state index is 0.449. The van der Waals surface area contributed by atoms with Crippen LogP contribution in [0.4, 0.5) is 17.1 Å². The summed E-state index contributed by atoms with van der Waals surface area (Å²) in [6, 6.07) is 102. The molecule has 0 saturated carbocycles. The molecule has 2 heterocycles. The summed E-state index contributed by atoms with van der Waals surface area (Å²) in [4.78, 5) is 2.37. The molecule has 2 aliphatic rings. The maximum absolute atomic E-state index is 7.18. The van der Waals surface area contributed by atoms with Crippen LogP contribution in [0.1, 0.15) is 22.3 Å². The highest BCUT2D eigenvalue weighted by Crippen LogP contribution is 2.64. The summed E-state index contributed by atoms with van der Waals surface area (Å²) >= 11 is 0. The third-order valence-electron chi connectivity index (χ3n) is 16.5. The van der Waals surface area contributed by atoms with Gasteiger partial charge in [0.25, 0.3) is 0 Å². The first-order chi connectivity index (χ1) is 37.7. The van der Waals surface area contributed by atoms with Crippen LogP contribution in [-0.4, -0.2) is 4.57 Å². The fourth-order valence-electron chi connectivity index (χ4n) is 13.3. The van der Waals surface area contributed by atoms with Crippen LogP contribution < -0.4 is 4.90 Å². The van der Waals surface area contributed by atoms with Crippen LogP contribution in [0, 0.1) is 0 Å². The second-order valence-corrected chi connectivity index (χ2v) is 20.3. The number of aromatic nitrogens is 1. The van der Waals surface area contributed by atoms with Gasteiger partial charge >= 0.3 is 0 Å². The average Bonchev–Trinajstić information content (AvgIpc) is 4.39. The molecule has 0 saturated heterocycles. The Hall–Kier alpha value is -9.96. The van der Waals surface area contributed by atoms with Gasteiger partial charge in [0.15, 0.2) is 5.58 Å². The van der Waals surface area contributed by atoms with Crippen molar-refractivity contribution in [2.24, 2.45) is 0 Å². The van der Waals surface area contributed by atoms with Crippen LogP contribution in [0.3, 0.4) is 0 Å². The van der Waals surface area contributed by atoms with E-state index in [1.54, 1.807) is 0 Å². The predicted octanol–water partition coefficient (Wildman–Crippen LogP) is 19.5. The van der Waals surface area contributed by atoms with Gasteiger partial charge in [0.1, 0.15) is 5.58 Å². The molecule has 3 nitrogen and oxygen atoms in total. The Morgan fingerprint density at radius 3 is 1.39 bits per heavy atom. The van der Waals surface area contributed by atoms with E-state index >= 15 is 0 Å². The lowest BCUT2D eigenvalue weighted by Crippen LogP contribution is -2.25. The van der Waals surface area contributed by atoms with Gasteiger partial charge in [-0.1, -0.05) is 218 Å². The number of hydrogen-bond acceptors (Lipinski definition) is 2. The van der Waals surface area contributed by atoms with E-state index in [1.165, 1.54) is 77.4 Å². The summed E-state index contributed by atoms with van der Waals surface area (Å²) in [5.74, 6) is 0. The Labute approximate surface area is 440 Å². The first-order valence-electron chi connectivity index (χ1n) is 26.2. The van der Waals surface area contributed by atoms with Gasteiger partial charge in [-0.3, -0.25) is 0 Å². The molecule has 76 heavy (non-hydrogen) atoms. The Kier molecular flexibility index (Phi) is 9.25. The van der Waals surface area contributed by atoms with Crippen molar-refractivity contribution < 1.29 is 4.42 Å². The maximum Gasteiger partial charge on any atom is 0.160 e. The van der Waals surface area contributed by atoms with Crippen molar-refractivity contribution >= 4 is 60.8 Å². The molecule has 14 aromatic rings. The molecule has 12 aromatic carbocycles. The number of hydrogen-bond donors (Lipinski definition) is 0. The topological polar surface area (TPSA) is 21.3 Å². The number of rotatable bonds is 7. The van der Waals surface area contributed by atoms with Crippen LogP contribution in [-0.2, 0) is 5.41 Å². The standard InChI is InChI=1S/C73H46N2O/c1-2-17-47(18-3-1)48-33-39-51(40-34-48)74(52-41-35-49(36-42-52)50-37-43-53(44-38-50)75-66-30-13-7-21-56(66)57-22-8-14-31-67(57)75)68-46-45-59(71-61-24-9-15-32-69(61)76-72(68)71)58-25-16-29-65-70(58)60-23-6-12-28-64(60)73(65)62-26-10-4-19-54(62)55-20-5-11-27-63(55)73/h1-46H. The van der Waals surface area contributed by atoms with E-state index in [9.17, 15) is 0 Å². The van der Waals surface area contributed by atoms with E-state index in [1.807, 2.05) is 0 Å². The van der Waals surface area contributed by atoms with Crippen LogP contribution in [0.25, 0.3) is 105 Å². The van der Waals surface area contributed by atoms with Gasteiger partial charge in [0, 0.05) is 38.6 Å². The molecule has 3 heteroatoms. The second-order valence-electron chi connectivity index (χ2n) is 20.3. The highest BCUT2D eigenvalue weighted by atomic mass is 16.3. The quantitative estimate of drug-likeness (QED) is 0.159. The van der Waals surface area contributed by atoms with Gasteiger partial charge in [-0.25, -0.2) is 0 Å². The SMILES string of the molecule is c1ccc(-c2ccc(N(c3ccc(-c4ccc(-n5c6ccccc6c6ccccc65)cc4)cc3)c3ccc(-c4cccc5c4-c4ccccc4C54c5ccccc5-c5ccccc54)c4c3oc3ccccc34)cc2)cc1. The zero-order valence-electron chi connectivity index (χ0n) is 41.4. The van der Waals surface area contributed by atoms with Crippen LogP contribution in [0.5, 0.6) is 0 Å². The highest BCUT2D eigenvalue weighted by molar-refractivity contribution is 6.18. The Bertz CT molecular complexity index is 4520. The van der Waals surface area contributed by atoms with Crippen molar-refractivity contribution in [3.8, 4) is 61.3 Å². The summed E-state index contributed by atoms with van der Waals surface area (Å²) in [6.45, 7) is 0. The van der Waals surface area contributed by atoms with Crippen molar-refractivity contribution in [1.82, 2.24) is 4.57 Å². The van der Waals surface area contributed by atoms with Gasteiger partial charge in [-0.2, -0.15) is 0 Å². The lowest BCUT2D eigenvalue weighted by atomic mass is 9.70. The number of fused-ring (bicyclic) bond motifs is 16. The van der Waals surface area contributed by atoms with E-state index in [0.717, 1.165) is 66.9 Å². The monoisotopic (exact) mass is 966 g/mol. The fourth-order valence-corrected chi connectivity index (χ4v) is 13.3. The minimum Gasteiger partial charge on any atom is -0.454 e. The third kappa shape index (κ3) is 6.05. The zero-order valence-corrected chi connectivity index (χ0v) is 41.4. The average molecular weight is 967 g/mol. The maximum atomic E-state index is 7.18. The first kappa shape index (κ1) is 42.5. The molecular formula is C73H46N2O. The number of anilines is 3. The van der Waals surface area contributed by atoms with E-state index in [2.05, 4.69) is 289 Å². The molecule has 0 amide bonds. The van der Waals surface area contributed by atoms with Gasteiger partial charge in [-0.15, -0.1) is 0 Å². The fraction of sp³-hybridized carbons (Fsp3) is 0.0137. The van der Waals surface area contributed by atoms with Crippen molar-refractivity contribution in [3.05, 3.63) is 301 Å². The summed E-state index contributed by atoms with van der Waals surface area (Å²) in [5, 5.41) is 4.70. The van der Waals surface area contributed by atoms with E-state index in [4.69, 9.17) is 4.42 Å². The Balaban J connectivity index is 0.861. The molecular weight excluding hydrogens is 921 g/mol. The predicted molar refractivity (Wildman–Crippen MR) is 315 cm³/mol. The number of benzene rings is 12. The largest absolute Gasteiger partial charge is 0.454 e. The van der Waals surface area contributed by atoms with Crippen LogP contribution in [0.15, 0.2) is 283 Å². The molecule has 2 aliphatic carbocycles. The van der Waals surface area contributed by atoms with Gasteiger partial charge in [0.05, 0.1) is 22.1 Å². The summed E-state index contributed by atoms with van der Waals surface area (Å²) in [7, 11) is 0. The second kappa shape index (κ2) is 16.5. The molecule has 1 spiro atoms. The molecule has 354 valence electrons. The molecule has 0 unspecified atom stereocenters. The van der Waals surface area contributed by atoms with Crippen molar-refractivity contribution in [2.45, 2.75) is 5.41 Å². The number of para-hydroxylation sites is 3. The summed E-state index contributed by atoms with van der Waals surface area (Å²) < 4.78 is 9.55. The molecule has 0 N–H and O–H groups in total. The molecule has 0 radical (unpaired) electrons. The molecule has 2 aromatic heterocycles. The third-order valence-corrected chi connectivity index (χ3v) is 16.5. The first-order valence-corrected chi connectivity index (χ1v) is 26.2. The van der Waals surface area contributed by atoms with Gasteiger partial charge < -0.3 is 13.9 Å². The lowest BCUT2D eigenvalue weighted by molar-refractivity contribution is 0.669. The van der Waals surface area contributed by atoms with Crippen molar-refractivity contribution in [1.29, 1.82) is 0 Å². The normalized spacial score (nSPS) is 12.8. The Morgan fingerprint density at radius 1 is 0.316 bits per heavy atom. The zero-order chi connectivity index (χ0) is 49.9. The molecule has 0 atom stereocenters. The summed E-state index contributed by atoms with van der Waals surface area (Å²) in [6.07, 6.45) is 0. The van der Waals surface area contributed by atoms with Crippen molar-refractivity contribution in [2.75, 3.05) is 4.90 Å². The minimum atomic E-state index is -0.449. The van der Waals surface area contributed by atoms with Gasteiger partial charge in [-0.05, 0) is 139 Å². The van der Waals surface area contributed by atoms with Crippen LogP contribution in [0.2, 0.25) is 0 Å². The summed E-state index contributed by atoms with van der Waals surface area (Å²) in [5.41, 5.74) is 25.3. The van der Waals surface area contributed by atoms with Crippen molar-refractivity contribution in [3.63, 3.8) is 0 Å². The van der Waals surface area contributed by atoms with Crippen LogP contribution >= 0.6 is 0 Å². The highest BCUT2D eigenvalue weighted by Gasteiger charge is 2.52. The molecule has 16 rings (SSSR count). The van der Waals surface area contributed by atoms with E-state index < -0.39 is 5.41 Å². The number of nitrogens with zero attached hydrogens (tertiary/aromatic N) is 2. The smallest absolute Gasteiger partial charge is 0.160 e. The van der Waals surface area contributed by atoms with Gasteiger partial charge in [0.2, 0.25) is 0 Å².